The van der Waals surface area contributed by atoms with E-state index in [-0.39, 0.29) is 0 Å². The Morgan fingerprint density at radius 1 is 0.444 bits per heavy atom. The van der Waals surface area contributed by atoms with Gasteiger partial charge in [-0.3, -0.25) is 0 Å². The van der Waals surface area contributed by atoms with Crippen LogP contribution in [0.15, 0.2) is 176 Å². The molecule has 0 radical (unpaired) electrons. The van der Waals surface area contributed by atoms with E-state index in [1.54, 1.807) is 0 Å². The van der Waals surface area contributed by atoms with Crippen molar-refractivity contribution in [3.8, 4) is 44.8 Å². The minimum atomic E-state index is -0.493. The number of benzene rings is 9. The normalized spacial score (nSPS) is 13.5. The molecule has 0 saturated heterocycles. The van der Waals surface area contributed by atoms with Crippen molar-refractivity contribution in [1.29, 1.82) is 0 Å². The van der Waals surface area contributed by atoms with E-state index < -0.39 is 5.41 Å². The number of imidazole rings is 1. The number of fused-ring (bicyclic) bond motifs is 18. The number of hydrogen-bond acceptors (Lipinski definition) is 1. The number of aromatic nitrogens is 2. The summed E-state index contributed by atoms with van der Waals surface area (Å²) in [6.45, 7) is 3.06. The lowest BCUT2D eigenvalue weighted by Gasteiger charge is -2.33. The van der Waals surface area contributed by atoms with Crippen molar-refractivity contribution in [2.24, 2.45) is 0 Å². The zero-order valence-corrected chi connectivity index (χ0v) is 29.8. The maximum Gasteiger partial charge on any atom is 0.141 e. The molecule has 0 N–H and O–H groups in total. The zero-order valence-electron chi connectivity index (χ0n) is 29.8. The van der Waals surface area contributed by atoms with Gasteiger partial charge in [-0.1, -0.05) is 152 Å². The van der Waals surface area contributed by atoms with E-state index in [4.69, 9.17) is 4.98 Å². The maximum absolute atomic E-state index is 5.16. The monoisotopic (exact) mass is 686 g/mol. The lowest BCUT2D eigenvalue weighted by molar-refractivity contribution is 0.796. The topological polar surface area (TPSA) is 17.8 Å². The average molecular weight is 687 g/mol. The number of hydrogen-bond donors (Lipinski definition) is 0. The smallest absolute Gasteiger partial charge is 0.141 e. The Hall–Kier alpha value is -6.77. The molecule has 1 spiro atoms. The van der Waals surface area contributed by atoms with Gasteiger partial charge in [0.2, 0.25) is 0 Å². The molecule has 1 heterocycles. The number of rotatable bonds is 3. The van der Waals surface area contributed by atoms with Crippen LogP contribution in [0.1, 0.15) is 29.2 Å². The predicted octanol–water partition coefficient (Wildman–Crippen LogP) is 13.2. The zero-order chi connectivity index (χ0) is 35.5. The second-order valence-electron chi connectivity index (χ2n) is 14.8. The minimum Gasteiger partial charge on any atom is -0.324 e. The summed E-state index contributed by atoms with van der Waals surface area (Å²) in [6, 6.07) is 65.6. The first-order chi connectivity index (χ1) is 26.8. The molecule has 2 aliphatic rings. The van der Waals surface area contributed by atoms with Crippen LogP contribution in [-0.2, 0) is 12.0 Å². The quantitative estimate of drug-likeness (QED) is 0.169. The number of nitrogens with zero attached hydrogens (tertiary/aromatic N) is 2. The van der Waals surface area contributed by atoms with Gasteiger partial charge >= 0.3 is 0 Å². The second kappa shape index (κ2) is 10.9. The van der Waals surface area contributed by atoms with E-state index in [1.165, 1.54) is 93.5 Å². The van der Waals surface area contributed by atoms with E-state index >= 15 is 0 Å². The van der Waals surface area contributed by atoms with Crippen LogP contribution in [0.25, 0.3) is 88.1 Å². The fourth-order valence-corrected chi connectivity index (χ4v) is 10.4. The fraction of sp³-hybridized carbons (Fsp3) is 0.0577. The van der Waals surface area contributed by atoms with Crippen LogP contribution in [-0.4, -0.2) is 9.55 Å². The Labute approximate surface area is 313 Å². The van der Waals surface area contributed by atoms with Gasteiger partial charge in [-0.05, 0) is 119 Å². The molecule has 9 aromatic carbocycles. The third-order valence-corrected chi connectivity index (χ3v) is 12.4. The van der Waals surface area contributed by atoms with Crippen molar-refractivity contribution >= 4 is 43.4 Å². The SMILES string of the molecule is CCn1c(-c2cccc(-c3cc4c(c5ccccc35)C3(c5ccccc5-c5ccccc53)c3c-4c4ccccc4c4ccccc34)c2)nc2ccccc21. The van der Waals surface area contributed by atoms with Gasteiger partial charge in [0.1, 0.15) is 5.82 Å². The molecule has 12 rings (SSSR count). The molecule has 0 aliphatic heterocycles. The van der Waals surface area contributed by atoms with E-state index in [0.29, 0.717) is 0 Å². The summed E-state index contributed by atoms with van der Waals surface area (Å²) >= 11 is 0. The predicted molar refractivity (Wildman–Crippen MR) is 225 cm³/mol. The molecule has 2 heteroatoms. The van der Waals surface area contributed by atoms with Gasteiger partial charge in [-0.25, -0.2) is 4.98 Å². The number of aryl methyl sites for hydroxylation is 1. The first-order valence-electron chi connectivity index (χ1n) is 19.0. The molecular weight excluding hydrogens is 653 g/mol. The minimum absolute atomic E-state index is 0.493. The van der Waals surface area contributed by atoms with Gasteiger partial charge in [0, 0.05) is 12.1 Å². The van der Waals surface area contributed by atoms with Crippen LogP contribution in [0.5, 0.6) is 0 Å². The Morgan fingerprint density at radius 3 is 1.72 bits per heavy atom. The van der Waals surface area contributed by atoms with E-state index in [0.717, 1.165) is 23.4 Å². The maximum atomic E-state index is 5.16. The molecule has 2 nitrogen and oxygen atoms in total. The second-order valence-corrected chi connectivity index (χ2v) is 14.8. The van der Waals surface area contributed by atoms with Crippen molar-refractivity contribution in [3.05, 3.63) is 198 Å². The van der Waals surface area contributed by atoms with E-state index in [2.05, 4.69) is 187 Å². The third-order valence-electron chi connectivity index (χ3n) is 12.4. The summed E-state index contributed by atoms with van der Waals surface area (Å²) in [5.41, 5.74) is 16.1. The van der Waals surface area contributed by atoms with Crippen LogP contribution < -0.4 is 0 Å². The lowest BCUT2D eigenvalue weighted by atomic mass is 9.68. The molecule has 0 amide bonds. The summed E-state index contributed by atoms with van der Waals surface area (Å²) < 4.78 is 2.33. The Balaban J connectivity index is 1.25. The highest BCUT2D eigenvalue weighted by Gasteiger charge is 2.54. The van der Waals surface area contributed by atoms with Crippen LogP contribution in [0, 0.1) is 0 Å². The summed E-state index contributed by atoms with van der Waals surface area (Å²) in [5.74, 6) is 1.01. The van der Waals surface area contributed by atoms with Crippen molar-refractivity contribution < 1.29 is 0 Å². The summed E-state index contributed by atoms with van der Waals surface area (Å²) in [6.07, 6.45) is 0. The first kappa shape index (κ1) is 29.8. The molecule has 2 aliphatic carbocycles. The van der Waals surface area contributed by atoms with Crippen molar-refractivity contribution in [2.75, 3.05) is 0 Å². The van der Waals surface area contributed by atoms with Gasteiger partial charge in [0.25, 0.3) is 0 Å². The molecular formula is C52H34N2. The molecule has 1 aromatic heterocycles. The molecule has 0 fully saturated rings. The van der Waals surface area contributed by atoms with E-state index in [9.17, 15) is 0 Å². The van der Waals surface area contributed by atoms with Gasteiger partial charge in [0.15, 0.2) is 0 Å². The molecule has 10 aromatic rings. The van der Waals surface area contributed by atoms with Crippen molar-refractivity contribution in [3.63, 3.8) is 0 Å². The molecule has 0 saturated carbocycles. The van der Waals surface area contributed by atoms with Crippen LogP contribution >= 0.6 is 0 Å². The molecule has 0 unspecified atom stereocenters. The molecule has 252 valence electrons. The highest BCUT2D eigenvalue weighted by Crippen LogP contribution is 2.67. The number of para-hydroxylation sites is 2. The molecule has 0 atom stereocenters. The lowest BCUT2D eigenvalue weighted by Crippen LogP contribution is -2.26. The fourth-order valence-electron chi connectivity index (χ4n) is 10.4. The largest absolute Gasteiger partial charge is 0.324 e. The van der Waals surface area contributed by atoms with E-state index in [1.807, 2.05) is 0 Å². The van der Waals surface area contributed by atoms with Crippen LogP contribution in [0.4, 0.5) is 0 Å². The summed E-state index contributed by atoms with van der Waals surface area (Å²) in [5, 5.41) is 7.78. The van der Waals surface area contributed by atoms with Gasteiger partial charge in [-0.15, -0.1) is 0 Å². The summed E-state index contributed by atoms with van der Waals surface area (Å²) in [7, 11) is 0. The summed E-state index contributed by atoms with van der Waals surface area (Å²) in [4.78, 5) is 5.16. The van der Waals surface area contributed by atoms with Gasteiger partial charge in [-0.2, -0.15) is 0 Å². The third kappa shape index (κ3) is 3.67. The van der Waals surface area contributed by atoms with Gasteiger partial charge < -0.3 is 4.57 Å². The molecule has 54 heavy (non-hydrogen) atoms. The highest BCUT2D eigenvalue weighted by molar-refractivity contribution is 6.22. The average Bonchev–Trinajstić information content (AvgIpc) is 3.88. The van der Waals surface area contributed by atoms with Crippen molar-refractivity contribution in [2.45, 2.75) is 18.9 Å². The van der Waals surface area contributed by atoms with Crippen LogP contribution in [0.3, 0.4) is 0 Å². The standard InChI is InChI=1S/C52H34N2/c1-2-54-47-29-14-13-28-46(47)53-51(54)33-17-15-16-32(30-33)42-31-43-48-39-23-6-3-18-34(39)35-19-4-8-25-41(35)50(48)52(49(43)40-24-7-5-20-36(40)42)44-26-11-9-21-37(44)38-22-10-12-27-45(38)52/h3-31H,2H2,1H3. The highest BCUT2D eigenvalue weighted by atomic mass is 15.1. The first-order valence-corrected chi connectivity index (χ1v) is 19.0. The van der Waals surface area contributed by atoms with Crippen molar-refractivity contribution in [1.82, 2.24) is 9.55 Å². The Kier molecular flexibility index (Phi) is 6.00. The molecule has 0 bridgehead atoms. The van der Waals surface area contributed by atoms with Gasteiger partial charge in [0.05, 0.1) is 16.4 Å². The Bertz CT molecular complexity index is 3170. The Morgan fingerprint density at radius 2 is 1.00 bits per heavy atom. The van der Waals surface area contributed by atoms with Crippen LogP contribution in [0.2, 0.25) is 0 Å².